The van der Waals surface area contributed by atoms with Gasteiger partial charge in [0, 0.05) is 39.3 Å². The van der Waals surface area contributed by atoms with Crippen molar-refractivity contribution in [3.05, 3.63) is 24.3 Å². The molecular weight excluding hydrogens is 278 g/mol. The highest BCUT2D eigenvalue weighted by Crippen LogP contribution is 2.23. The van der Waals surface area contributed by atoms with E-state index in [-0.39, 0.29) is 0 Å². The van der Waals surface area contributed by atoms with E-state index in [0.717, 1.165) is 56.5 Å². The molecule has 4 rings (SSSR count). The first-order valence-corrected chi connectivity index (χ1v) is 8.29. The average molecular weight is 301 g/mol. The molecule has 1 atom stereocenters. The van der Waals surface area contributed by atoms with Gasteiger partial charge in [-0.1, -0.05) is 12.1 Å². The van der Waals surface area contributed by atoms with Crippen molar-refractivity contribution < 1.29 is 9.15 Å². The van der Waals surface area contributed by atoms with Crippen molar-refractivity contribution in [2.45, 2.75) is 12.8 Å². The smallest absolute Gasteiger partial charge is 0.298 e. The number of oxazole rings is 1. The molecule has 3 heterocycles. The largest absolute Gasteiger partial charge is 0.423 e. The summed E-state index contributed by atoms with van der Waals surface area (Å²) in [5.74, 6) is 0.713. The molecule has 1 unspecified atom stereocenters. The third-order valence-corrected chi connectivity index (χ3v) is 4.70. The summed E-state index contributed by atoms with van der Waals surface area (Å²) in [6, 6.07) is 8.73. The first-order chi connectivity index (χ1) is 10.9. The number of rotatable bonds is 3. The summed E-state index contributed by atoms with van der Waals surface area (Å²) in [5, 5.41) is 0. The van der Waals surface area contributed by atoms with E-state index in [9.17, 15) is 0 Å². The van der Waals surface area contributed by atoms with Crippen molar-refractivity contribution in [2.24, 2.45) is 5.92 Å². The average Bonchev–Trinajstić information content (AvgIpc) is 3.00. The Labute approximate surface area is 130 Å². The Morgan fingerprint density at radius 2 is 2.00 bits per heavy atom. The fourth-order valence-corrected chi connectivity index (χ4v) is 3.43. The fraction of sp³-hybridized carbons (Fsp3) is 0.588. The molecule has 0 saturated carbocycles. The van der Waals surface area contributed by atoms with Gasteiger partial charge in [0.25, 0.3) is 6.01 Å². The Hall–Kier alpha value is -1.59. The topological polar surface area (TPSA) is 41.7 Å². The SMILES string of the molecule is c1ccc2oc(N3CCN(CC4CCCOC4)CC3)nc2c1. The van der Waals surface area contributed by atoms with Gasteiger partial charge in [0.05, 0.1) is 6.61 Å². The maximum absolute atomic E-state index is 5.87. The Kier molecular flexibility index (Phi) is 3.99. The van der Waals surface area contributed by atoms with Crippen LogP contribution in [0.25, 0.3) is 11.1 Å². The molecule has 0 N–H and O–H groups in total. The summed E-state index contributed by atoms with van der Waals surface area (Å²) in [6.07, 6.45) is 2.53. The molecule has 0 spiro atoms. The van der Waals surface area contributed by atoms with Crippen LogP contribution in [0.2, 0.25) is 0 Å². The molecule has 0 bridgehead atoms. The van der Waals surface area contributed by atoms with Crippen LogP contribution in [0.1, 0.15) is 12.8 Å². The Balaban J connectivity index is 1.35. The summed E-state index contributed by atoms with van der Waals surface area (Å²) in [7, 11) is 0. The van der Waals surface area contributed by atoms with E-state index in [4.69, 9.17) is 9.15 Å². The van der Waals surface area contributed by atoms with Gasteiger partial charge in [0.15, 0.2) is 5.58 Å². The number of piperazine rings is 1. The molecular formula is C17H23N3O2. The van der Waals surface area contributed by atoms with Crippen molar-refractivity contribution in [3.8, 4) is 0 Å². The van der Waals surface area contributed by atoms with Crippen LogP contribution in [0.3, 0.4) is 0 Å². The van der Waals surface area contributed by atoms with E-state index < -0.39 is 0 Å². The Bertz CT molecular complexity index is 580. The van der Waals surface area contributed by atoms with E-state index in [1.807, 2.05) is 24.3 Å². The number of para-hydroxylation sites is 2. The summed E-state index contributed by atoms with van der Waals surface area (Å²) >= 11 is 0. The second-order valence-electron chi connectivity index (χ2n) is 6.33. The quantitative estimate of drug-likeness (QED) is 0.870. The van der Waals surface area contributed by atoms with Crippen LogP contribution in [0.15, 0.2) is 28.7 Å². The number of hydrogen-bond acceptors (Lipinski definition) is 5. The summed E-state index contributed by atoms with van der Waals surface area (Å²) in [4.78, 5) is 9.41. The highest BCUT2D eigenvalue weighted by Gasteiger charge is 2.24. The van der Waals surface area contributed by atoms with Crippen LogP contribution in [0.4, 0.5) is 6.01 Å². The van der Waals surface area contributed by atoms with E-state index in [1.165, 1.54) is 19.4 Å². The number of benzene rings is 1. The molecule has 0 amide bonds. The van der Waals surface area contributed by atoms with E-state index in [2.05, 4.69) is 14.8 Å². The molecule has 22 heavy (non-hydrogen) atoms. The van der Waals surface area contributed by atoms with Crippen molar-refractivity contribution in [2.75, 3.05) is 50.8 Å². The van der Waals surface area contributed by atoms with Crippen molar-refractivity contribution in [1.82, 2.24) is 9.88 Å². The van der Waals surface area contributed by atoms with Gasteiger partial charge in [-0.25, -0.2) is 0 Å². The first-order valence-electron chi connectivity index (χ1n) is 8.29. The van der Waals surface area contributed by atoms with Crippen molar-refractivity contribution >= 4 is 17.1 Å². The monoisotopic (exact) mass is 301 g/mol. The van der Waals surface area contributed by atoms with E-state index >= 15 is 0 Å². The molecule has 2 saturated heterocycles. The minimum Gasteiger partial charge on any atom is -0.423 e. The van der Waals surface area contributed by atoms with Gasteiger partial charge < -0.3 is 14.1 Å². The van der Waals surface area contributed by atoms with Crippen LogP contribution in [0.5, 0.6) is 0 Å². The minimum atomic E-state index is 0.713. The van der Waals surface area contributed by atoms with Gasteiger partial charge in [-0.05, 0) is 30.9 Å². The summed E-state index contributed by atoms with van der Waals surface area (Å²) in [6.45, 7) is 7.18. The van der Waals surface area contributed by atoms with Crippen molar-refractivity contribution in [3.63, 3.8) is 0 Å². The zero-order chi connectivity index (χ0) is 14.8. The molecule has 1 aromatic carbocycles. The molecule has 2 fully saturated rings. The highest BCUT2D eigenvalue weighted by molar-refractivity contribution is 5.74. The lowest BCUT2D eigenvalue weighted by atomic mass is 10.0. The predicted octanol–water partition coefficient (Wildman–Crippen LogP) is 2.38. The van der Waals surface area contributed by atoms with Gasteiger partial charge in [-0.3, -0.25) is 4.90 Å². The molecule has 2 aliphatic rings. The lowest BCUT2D eigenvalue weighted by Gasteiger charge is -2.36. The molecule has 0 aliphatic carbocycles. The second-order valence-corrected chi connectivity index (χ2v) is 6.33. The van der Waals surface area contributed by atoms with Gasteiger partial charge in [-0.15, -0.1) is 0 Å². The first kappa shape index (κ1) is 14.0. The Morgan fingerprint density at radius 3 is 2.77 bits per heavy atom. The highest BCUT2D eigenvalue weighted by atomic mass is 16.5. The standard InChI is InChI=1S/C17H23N3O2/c1-2-6-16-15(5-1)18-17(22-16)20-9-7-19(8-10-20)12-14-4-3-11-21-13-14/h1-2,5-6,14H,3-4,7-13H2. The third-order valence-electron chi connectivity index (χ3n) is 4.70. The summed E-state index contributed by atoms with van der Waals surface area (Å²) < 4.78 is 11.5. The lowest BCUT2D eigenvalue weighted by molar-refractivity contribution is 0.0375. The zero-order valence-corrected chi connectivity index (χ0v) is 12.9. The van der Waals surface area contributed by atoms with E-state index in [1.54, 1.807) is 0 Å². The molecule has 2 aromatic rings. The van der Waals surface area contributed by atoms with Crippen LogP contribution >= 0.6 is 0 Å². The number of anilines is 1. The van der Waals surface area contributed by atoms with Gasteiger partial charge in [0.2, 0.25) is 0 Å². The fourth-order valence-electron chi connectivity index (χ4n) is 3.43. The number of nitrogens with zero attached hydrogens (tertiary/aromatic N) is 3. The number of ether oxygens (including phenoxy) is 1. The van der Waals surface area contributed by atoms with Crippen molar-refractivity contribution in [1.29, 1.82) is 0 Å². The maximum Gasteiger partial charge on any atom is 0.298 e. The number of hydrogen-bond donors (Lipinski definition) is 0. The second kappa shape index (κ2) is 6.26. The molecule has 0 radical (unpaired) electrons. The normalized spacial score (nSPS) is 24.0. The molecule has 5 heteroatoms. The zero-order valence-electron chi connectivity index (χ0n) is 12.9. The van der Waals surface area contributed by atoms with Gasteiger partial charge >= 0.3 is 0 Å². The van der Waals surface area contributed by atoms with Crippen LogP contribution < -0.4 is 4.90 Å². The summed E-state index contributed by atoms with van der Waals surface area (Å²) in [5.41, 5.74) is 1.82. The number of aromatic nitrogens is 1. The Morgan fingerprint density at radius 1 is 1.14 bits per heavy atom. The molecule has 5 nitrogen and oxygen atoms in total. The van der Waals surface area contributed by atoms with Gasteiger partial charge in [-0.2, -0.15) is 4.98 Å². The molecule has 118 valence electrons. The van der Waals surface area contributed by atoms with Crippen LogP contribution in [-0.4, -0.2) is 55.8 Å². The number of fused-ring (bicyclic) bond motifs is 1. The van der Waals surface area contributed by atoms with E-state index in [0.29, 0.717) is 5.92 Å². The predicted molar refractivity (Wildman–Crippen MR) is 86.2 cm³/mol. The third kappa shape index (κ3) is 2.96. The molecule has 2 aliphatic heterocycles. The maximum atomic E-state index is 5.87. The molecule has 1 aromatic heterocycles. The van der Waals surface area contributed by atoms with Gasteiger partial charge in [0.1, 0.15) is 5.52 Å². The van der Waals surface area contributed by atoms with Crippen LogP contribution in [-0.2, 0) is 4.74 Å². The van der Waals surface area contributed by atoms with Crippen LogP contribution in [0, 0.1) is 5.92 Å². The lowest BCUT2D eigenvalue weighted by Crippen LogP contribution is -2.48. The minimum absolute atomic E-state index is 0.713.